The molecule has 0 aliphatic heterocycles. The molecule has 0 radical (unpaired) electrons. The summed E-state index contributed by atoms with van der Waals surface area (Å²) in [7, 11) is 1.51. The Morgan fingerprint density at radius 1 is 1.10 bits per heavy atom. The lowest BCUT2D eigenvalue weighted by molar-refractivity contribution is -0.141. The molecule has 0 spiro atoms. The number of hydrogen-bond donors (Lipinski definition) is 3. The molecule has 2 aromatic carbocycles. The van der Waals surface area contributed by atoms with Gasteiger partial charge >= 0.3 is 5.97 Å². The zero-order valence-corrected chi connectivity index (χ0v) is 18.3. The topological polar surface area (TPSA) is 105 Å². The molecule has 1 atom stereocenters. The number of carbonyl (C=O) groups is 3. The number of carbonyl (C=O) groups excluding carboxylic acids is 2. The normalized spacial score (nSPS) is 12.2. The Kier molecular flexibility index (Phi) is 8.63. The van der Waals surface area contributed by atoms with Gasteiger partial charge in [0.2, 0.25) is 0 Å². The van der Waals surface area contributed by atoms with Crippen LogP contribution < -0.4 is 15.4 Å². The second-order valence-corrected chi connectivity index (χ2v) is 7.66. The smallest absolute Gasteiger partial charge is 0.326 e. The van der Waals surface area contributed by atoms with Crippen LogP contribution in [-0.2, 0) is 9.59 Å². The molecule has 0 aliphatic carbocycles. The largest absolute Gasteiger partial charge is 0.497 e. The molecule has 0 saturated heterocycles. The molecule has 2 rings (SSSR count). The number of rotatable bonds is 9. The molecule has 31 heavy (non-hydrogen) atoms. The number of carboxylic acids is 1. The van der Waals surface area contributed by atoms with Gasteiger partial charge in [0.25, 0.3) is 11.8 Å². The van der Waals surface area contributed by atoms with Gasteiger partial charge in [-0.1, -0.05) is 43.6 Å². The van der Waals surface area contributed by atoms with E-state index in [0.29, 0.717) is 21.9 Å². The first kappa shape index (κ1) is 24.0. The van der Waals surface area contributed by atoms with E-state index in [0.717, 1.165) is 0 Å². The highest BCUT2D eigenvalue weighted by molar-refractivity contribution is 6.32. The SMILES string of the molecule is COc1ccc(C(=O)N/C(=C\c2ccccc2Cl)C(=O)N[C@@H](CC(C)C)C(=O)O)cc1. The molecule has 0 bridgehead atoms. The van der Waals surface area contributed by atoms with Gasteiger partial charge in [0.05, 0.1) is 7.11 Å². The van der Waals surface area contributed by atoms with E-state index in [1.165, 1.54) is 13.2 Å². The highest BCUT2D eigenvalue weighted by Crippen LogP contribution is 2.18. The van der Waals surface area contributed by atoms with Gasteiger partial charge in [-0.25, -0.2) is 4.79 Å². The summed E-state index contributed by atoms with van der Waals surface area (Å²) in [4.78, 5) is 37.2. The molecular weight excluding hydrogens is 420 g/mol. The summed E-state index contributed by atoms with van der Waals surface area (Å²) in [6, 6.07) is 12.0. The zero-order valence-electron chi connectivity index (χ0n) is 17.5. The molecule has 0 aromatic heterocycles. The Morgan fingerprint density at radius 2 is 1.74 bits per heavy atom. The van der Waals surface area contributed by atoms with Crippen molar-refractivity contribution in [2.24, 2.45) is 5.92 Å². The minimum atomic E-state index is -1.15. The number of carboxylic acid groups (broad SMARTS) is 1. The first-order valence-corrected chi connectivity index (χ1v) is 10.0. The van der Waals surface area contributed by atoms with Gasteiger partial charge in [0.1, 0.15) is 17.5 Å². The molecule has 0 saturated carbocycles. The maximum atomic E-state index is 12.9. The third kappa shape index (κ3) is 7.15. The fourth-order valence-corrected chi connectivity index (χ4v) is 2.96. The van der Waals surface area contributed by atoms with E-state index < -0.39 is 23.8 Å². The predicted molar refractivity (Wildman–Crippen MR) is 119 cm³/mol. The average Bonchev–Trinajstić information content (AvgIpc) is 2.73. The minimum Gasteiger partial charge on any atom is -0.497 e. The van der Waals surface area contributed by atoms with Gasteiger partial charge in [-0.3, -0.25) is 9.59 Å². The summed E-state index contributed by atoms with van der Waals surface area (Å²) in [6.45, 7) is 3.71. The Hall–Kier alpha value is -3.32. The Morgan fingerprint density at radius 3 is 2.29 bits per heavy atom. The van der Waals surface area contributed by atoms with E-state index in [1.807, 2.05) is 13.8 Å². The van der Waals surface area contributed by atoms with Crippen LogP contribution in [0, 0.1) is 5.92 Å². The number of aliphatic carboxylic acids is 1. The van der Waals surface area contributed by atoms with Crippen LogP contribution >= 0.6 is 11.6 Å². The third-order valence-corrected chi connectivity index (χ3v) is 4.70. The molecule has 7 nitrogen and oxygen atoms in total. The lowest BCUT2D eigenvalue weighted by Gasteiger charge is -2.18. The van der Waals surface area contributed by atoms with Crippen molar-refractivity contribution in [1.82, 2.24) is 10.6 Å². The Bertz CT molecular complexity index is 970. The summed E-state index contributed by atoms with van der Waals surface area (Å²) in [5, 5.41) is 14.9. The van der Waals surface area contributed by atoms with Gasteiger partial charge in [0, 0.05) is 10.6 Å². The predicted octanol–water partition coefficient (Wildman–Crippen LogP) is 3.74. The van der Waals surface area contributed by atoms with E-state index in [-0.39, 0.29) is 18.0 Å². The Balaban J connectivity index is 2.33. The lowest BCUT2D eigenvalue weighted by atomic mass is 10.0. The number of benzene rings is 2. The summed E-state index contributed by atoms with van der Waals surface area (Å²) < 4.78 is 5.08. The fraction of sp³-hybridized carbons (Fsp3) is 0.261. The van der Waals surface area contributed by atoms with E-state index in [2.05, 4.69) is 10.6 Å². The molecule has 2 amide bonds. The van der Waals surface area contributed by atoms with Crippen LogP contribution in [0.25, 0.3) is 6.08 Å². The quantitative estimate of drug-likeness (QED) is 0.511. The first-order chi connectivity index (χ1) is 14.7. The number of halogens is 1. The van der Waals surface area contributed by atoms with Crippen molar-refractivity contribution >= 4 is 35.5 Å². The molecule has 3 N–H and O–H groups in total. The van der Waals surface area contributed by atoms with Crippen LogP contribution in [0.4, 0.5) is 0 Å². The van der Waals surface area contributed by atoms with Crippen LogP contribution in [0.3, 0.4) is 0 Å². The van der Waals surface area contributed by atoms with Crippen LogP contribution in [0.5, 0.6) is 5.75 Å². The van der Waals surface area contributed by atoms with Crippen molar-refractivity contribution in [3.63, 3.8) is 0 Å². The molecule has 0 unspecified atom stereocenters. The molecule has 8 heteroatoms. The number of hydrogen-bond acceptors (Lipinski definition) is 4. The summed E-state index contributed by atoms with van der Waals surface area (Å²) in [5.74, 6) is -1.78. The van der Waals surface area contributed by atoms with Gasteiger partial charge in [0.15, 0.2) is 0 Å². The van der Waals surface area contributed by atoms with Crippen molar-refractivity contribution in [2.45, 2.75) is 26.3 Å². The summed E-state index contributed by atoms with van der Waals surface area (Å²) in [6.07, 6.45) is 1.65. The summed E-state index contributed by atoms with van der Waals surface area (Å²) >= 11 is 6.19. The maximum Gasteiger partial charge on any atom is 0.326 e. The van der Waals surface area contributed by atoms with Crippen LogP contribution in [0.1, 0.15) is 36.2 Å². The van der Waals surface area contributed by atoms with E-state index in [1.54, 1.807) is 48.5 Å². The van der Waals surface area contributed by atoms with Crippen molar-refractivity contribution in [1.29, 1.82) is 0 Å². The number of methoxy groups -OCH3 is 1. The van der Waals surface area contributed by atoms with Crippen LogP contribution in [0.15, 0.2) is 54.2 Å². The van der Waals surface area contributed by atoms with Gasteiger partial charge in [-0.15, -0.1) is 0 Å². The number of nitrogens with one attached hydrogen (secondary N) is 2. The maximum absolute atomic E-state index is 12.9. The van der Waals surface area contributed by atoms with E-state index >= 15 is 0 Å². The van der Waals surface area contributed by atoms with Crippen molar-refractivity contribution < 1.29 is 24.2 Å². The second-order valence-electron chi connectivity index (χ2n) is 7.26. The van der Waals surface area contributed by atoms with Crippen molar-refractivity contribution in [2.75, 3.05) is 7.11 Å². The molecule has 0 fully saturated rings. The third-order valence-electron chi connectivity index (χ3n) is 4.36. The van der Waals surface area contributed by atoms with E-state index in [4.69, 9.17) is 16.3 Å². The minimum absolute atomic E-state index is 0.0475. The highest BCUT2D eigenvalue weighted by Gasteiger charge is 2.24. The zero-order chi connectivity index (χ0) is 23.0. The highest BCUT2D eigenvalue weighted by atomic mass is 35.5. The molecule has 0 heterocycles. The number of amides is 2. The molecule has 0 aliphatic rings. The Labute approximate surface area is 186 Å². The van der Waals surface area contributed by atoms with Crippen LogP contribution in [-0.4, -0.2) is 36.0 Å². The molecular formula is C23H25ClN2O5. The van der Waals surface area contributed by atoms with Gasteiger partial charge < -0.3 is 20.5 Å². The summed E-state index contributed by atoms with van der Waals surface area (Å²) in [5.41, 5.74) is 0.680. The first-order valence-electron chi connectivity index (χ1n) is 9.66. The second kappa shape index (κ2) is 11.2. The number of ether oxygens (including phenoxy) is 1. The van der Waals surface area contributed by atoms with E-state index in [9.17, 15) is 19.5 Å². The molecule has 2 aromatic rings. The standard InChI is InChI=1S/C23H25ClN2O5/c1-14(2)12-20(23(29)30)26-22(28)19(13-16-6-4-5-7-18(16)24)25-21(27)15-8-10-17(31-3)11-9-15/h4-11,13-14,20H,12H2,1-3H3,(H,25,27)(H,26,28)(H,29,30)/b19-13-/t20-/m0/s1. The van der Waals surface area contributed by atoms with Crippen molar-refractivity contribution in [3.8, 4) is 5.75 Å². The van der Waals surface area contributed by atoms with Gasteiger partial charge in [-0.2, -0.15) is 0 Å². The molecule has 164 valence electrons. The fourth-order valence-electron chi connectivity index (χ4n) is 2.77. The monoisotopic (exact) mass is 444 g/mol. The van der Waals surface area contributed by atoms with Crippen LogP contribution in [0.2, 0.25) is 5.02 Å². The lowest BCUT2D eigenvalue weighted by Crippen LogP contribution is -2.45. The van der Waals surface area contributed by atoms with Gasteiger partial charge in [-0.05, 0) is 54.3 Å². The van der Waals surface area contributed by atoms with Crippen molar-refractivity contribution in [3.05, 3.63) is 70.4 Å². The average molecular weight is 445 g/mol.